The van der Waals surface area contributed by atoms with E-state index in [0.717, 1.165) is 21.7 Å². The summed E-state index contributed by atoms with van der Waals surface area (Å²) in [7, 11) is 0. The average molecular weight is 454 g/mol. The third-order valence-corrected chi connectivity index (χ3v) is 5.71. The van der Waals surface area contributed by atoms with Crippen LogP contribution in [0.4, 0.5) is 5.13 Å². The topological polar surface area (TPSA) is 64.5 Å². The van der Waals surface area contributed by atoms with Crippen LogP contribution < -0.4 is 14.4 Å². The standard InChI is InChI=1S/C23H20ClN3O3S/c1-2-29-19-10-11-20-21(13-19)31-23(26-20)27(14-17-5-3-4-12-25-17)22(28)15-30-18-8-6-16(24)7-9-18/h3-13H,2,14-15H2,1H3. The number of pyridine rings is 1. The van der Waals surface area contributed by atoms with Crippen LogP contribution in [0.3, 0.4) is 0 Å². The molecule has 2 aromatic heterocycles. The highest BCUT2D eigenvalue weighted by Gasteiger charge is 2.21. The summed E-state index contributed by atoms with van der Waals surface area (Å²) >= 11 is 7.34. The molecule has 0 aliphatic rings. The predicted octanol–water partition coefficient (Wildman–Crippen LogP) is 5.36. The van der Waals surface area contributed by atoms with Crippen molar-refractivity contribution >= 4 is 44.2 Å². The van der Waals surface area contributed by atoms with Gasteiger partial charge in [0.25, 0.3) is 5.91 Å². The van der Waals surface area contributed by atoms with Gasteiger partial charge in [0.1, 0.15) is 11.5 Å². The van der Waals surface area contributed by atoms with Gasteiger partial charge in [-0.25, -0.2) is 4.98 Å². The van der Waals surface area contributed by atoms with Crippen LogP contribution in [0.15, 0.2) is 66.9 Å². The zero-order valence-electron chi connectivity index (χ0n) is 16.8. The Morgan fingerprint density at radius 1 is 1.06 bits per heavy atom. The molecule has 2 heterocycles. The van der Waals surface area contributed by atoms with Crippen molar-refractivity contribution in [3.05, 3.63) is 77.6 Å². The Morgan fingerprint density at radius 3 is 2.61 bits per heavy atom. The van der Waals surface area contributed by atoms with Gasteiger partial charge in [-0.2, -0.15) is 0 Å². The molecule has 0 atom stereocenters. The van der Waals surface area contributed by atoms with Gasteiger partial charge in [0, 0.05) is 11.2 Å². The summed E-state index contributed by atoms with van der Waals surface area (Å²) in [6.07, 6.45) is 1.70. The Bertz CT molecular complexity index is 1170. The predicted molar refractivity (Wildman–Crippen MR) is 123 cm³/mol. The summed E-state index contributed by atoms with van der Waals surface area (Å²) in [5, 5.41) is 1.19. The number of amides is 1. The van der Waals surface area contributed by atoms with E-state index in [1.807, 2.05) is 43.3 Å². The fourth-order valence-electron chi connectivity index (χ4n) is 2.93. The molecule has 6 nitrogen and oxygen atoms in total. The van der Waals surface area contributed by atoms with Crippen molar-refractivity contribution in [1.29, 1.82) is 0 Å². The van der Waals surface area contributed by atoms with Crippen molar-refractivity contribution in [3.63, 3.8) is 0 Å². The summed E-state index contributed by atoms with van der Waals surface area (Å²) in [4.78, 5) is 23.7. The first-order valence-corrected chi connectivity index (χ1v) is 10.9. The summed E-state index contributed by atoms with van der Waals surface area (Å²) in [5.41, 5.74) is 1.57. The van der Waals surface area contributed by atoms with Crippen LogP contribution in [-0.4, -0.2) is 29.1 Å². The van der Waals surface area contributed by atoms with E-state index < -0.39 is 0 Å². The SMILES string of the molecule is CCOc1ccc2nc(N(Cc3ccccn3)C(=O)COc3ccc(Cl)cc3)sc2c1. The Balaban J connectivity index is 1.59. The highest BCUT2D eigenvalue weighted by atomic mass is 35.5. The van der Waals surface area contributed by atoms with E-state index >= 15 is 0 Å². The number of nitrogens with zero attached hydrogens (tertiary/aromatic N) is 3. The zero-order chi connectivity index (χ0) is 21.6. The molecule has 0 fully saturated rings. The molecule has 0 saturated heterocycles. The van der Waals surface area contributed by atoms with Gasteiger partial charge in [-0.15, -0.1) is 0 Å². The molecule has 4 rings (SSSR count). The molecule has 31 heavy (non-hydrogen) atoms. The Kier molecular flexibility index (Phi) is 6.64. The minimum absolute atomic E-state index is 0.130. The Hall–Kier alpha value is -3.16. The van der Waals surface area contributed by atoms with E-state index in [9.17, 15) is 4.79 Å². The highest BCUT2D eigenvalue weighted by Crippen LogP contribution is 2.32. The number of anilines is 1. The van der Waals surface area contributed by atoms with Gasteiger partial charge in [0.05, 0.1) is 29.1 Å². The molecule has 0 saturated carbocycles. The highest BCUT2D eigenvalue weighted by molar-refractivity contribution is 7.22. The van der Waals surface area contributed by atoms with Crippen molar-refractivity contribution in [3.8, 4) is 11.5 Å². The molecule has 8 heteroatoms. The lowest BCUT2D eigenvalue weighted by Crippen LogP contribution is -2.34. The van der Waals surface area contributed by atoms with Crippen LogP contribution in [-0.2, 0) is 11.3 Å². The van der Waals surface area contributed by atoms with Crippen molar-refractivity contribution in [1.82, 2.24) is 9.97 Å². The number of aromatic nitrogens is 2. The lowest BCUT2D eigenvalue weighted by Gasteiger charge is -2.19. The number of hydrogen-bond donors (Lipinski definition) is 0. The van der Waals surface area contributed by atoms with Gasteiger partial charge in [-0.05, 0) is 61.5 Å². The van der Waals surface area contributed by atoms with Gasteiger partial charge < -0.3 is 9.47 Å². The molecule has 1 amide bonds. The van der Waals surface area contributed by atoms with Gasteiger partial charge >= 0.3 is 0 Å². The second-order valence-electron chi connectivity index (χ2n) is 6.60. The number of carbonyl (C=O) groups excluding carboxylic acids is 1. The largest absolute Gasteiger partial charge is 0.494 e. The van der Waals surface area contributed by atoms with E-state index in [1.54, 1.807) is 35.4 Å². The van der Waals surface area contributed by atoms with Crippen LogP contribution in [0.1, 0.15) is 12.6 Å². The fourth-order valence-corrected chi connectivity index (χ4v) is 4.07. The smallest absolute Gasteiger partial charge is 0.267 e. The van der Waals surface area contributed by atoms with Crippen molar-refractivity contribution in [2.45, 2.75) is 13.5 Å². The Morgan fingerprint density at radius 2 is 1.87 bits per heavy atom. The molecule has 2 aromatic carbocycles. The first-order chi connectivity index (χ1) is 15.1. The third-order valence-electron chi connectivity index (χ3n) is 4.41. The first-order valence-electron chi connectivity index (χ1n) is 9.74. The van der Waals surface area contributed by atoms with Gasteiger partial charge in [-0.3, -0.25) is 14.7 Å². The molecule has 0 unspecified atom stereocenters. The lowest BCUT2D eigenvalue weighted by molar-refractivity contribution is -0.120. The molecule has 0 radical (unpaired) electrons. The minimum Gasteiger partial charge on any atom is -0.494 e. The summed E-state index contributed by atoms with van der Waals surface area (Å²) in [6, 6.07) is 18.2. The van der Waals surface area contributed by atoms with Crippen LogP contribution in [0, 0.1) is 0 Å². The van der Waals surface area contributed by atoms with Crippen molar-refractivity contribution in [2.75, 3.05) is 18.1 Å². The molecule has 0 N–H and O–H groups in total. The average Bonchev–Trinajstić information content (AvgIpc) is 3.21. The molecule has 0 aliphatic heterocycles. The number of rotatable bonds is 8. The van der Waals surface area contributed by atoms with Crippen LogP contribution in [0.2, 0.25) is 5.02 Å². The molecular formula is C23H20ClN3O3S. The van der Waals surface area contributed by atoms with Crippen LogP contribution in [0.25, 0.3) is 10.2 Å². The van der Waals surface area contributed by atoms with E-state index in [4.69, 9.17) is 21.1 Å². The maximum absolute atomic E-state index is 13.1. The monoisotopic (exact) mass is 453 g/mol. The second kappa shape index (κ2) is 9.76. The number of hydrogen-bond acceptors (Lipinski definition) is 6. The molecule has 0 aliphatic carbocycles. The van der Waals surface area contributed by atoms with Gasteiger partial charge in [0.2, 0.25) is 0 Å². The van der Waals surface area contributed by atoms with Crippen LogP contribution >= 0.6 is 22.9 Å². The summed E-state index contributed by atoms with van der Waals surface area (Å²) in [6.45, 7) is 2.69. The van der Waals surface area contributed by atoms with E-state index in [2.05, 4.69) is 9.97 Å². The number of fused-ring (bicyclic) bond motifs is 1. The summed E-state index contributed by atoms with van der Waals surface area (Å²) in [5.74, 6) is 1.13. The first kappa shape index (κ1) is 21.1. The molecule has 4 aromatic rings. The fraction of sp³-hybridized carbons (Fsp3) is 0.174. The molecule has 158 valence electrons. The normalized spacial score (nSPS) is 10.8. The van der Waals surface area contributed by atoms with E-state index in [0.29, 0.717) is 29.1 Å². The molecule has 0 spiro atoms. The lowest BCUT2D eigenvalue weighted by atomic mass is 10.3. The van der Waals surface area contributed by atoms with E-state index in [1.165, 1.54) is 11.3 Å². The van der Waals surface area contributed by atoms with E-state index in [-0.39, 0.29) is 12.5 Å². The maximum atomic E-state index is 13.1. The third kappa shape index (κ3) is 5.31. The summed E-state index contributed by atoms with van der Waals surface area (Å²) < 4.78 is 12.2. The zero-order valence-corrected chi connectivity index (χ0v) is 18.4. The number of carbonyl (C=O) groups is 1. The number of thiazole rings is 1. The second-order valence-corrected chi connectivity index (χ2v) is 8.05. The maximum Gasteiger partial charge on any atom is 0.267 e. The quantitative estimate of drug-likeness (QED) is 0.359. The molecule has 0 bridgehead atoms. The van der Waals surface area contributed by atoms with Crippen LogP contribution in [0.5, 0.6) is 11.5 Å². The van der Waals surface area contributed by atoms with Gasteiger partial charge in [-0.1, -0.05) is 29.0 Å². The molecular weight excluding hydrogens is 434 g/mol. The number of halogens is 1. The Labute approximate surface area is 189 Å². The van der Waals surface area contributed by atoms with Gasteiger partial charge in [0.15, 0.2) is 11.7 Å². The number of benzene rings is 2. The van der Waals surface area contributed by atoms with Crippen molar-refractivity contribution < 1.29 is 14.3 Å². The minimum atomic E-state index is -0.218. The van der Waals surface area contributed by atoms with Crippen molar-refractivity contribution in [2.24, 2.45) is 0 Å². The number of ether oxygens (including phenoxy) is 2.